The summed E-state index contributed by atoms with van der Waals surface area (Å²) in [6.45, 7) is 7.90. The first-order valence-corrected chi connectivity index (χ1v) is 6.19. The highest BCUT2D eigenvalue weighted by Gasteiger charge is 2.02. The second-order valence-corrected chi connectivity index (χ2v) is 4.10. The molecular formula is C12H24N4. The SMILES string of the molecule is CCCN(CCCn1ccnc1)CCNC. The van der Waals surface area contributed by atoms with Gasteiger partial charge < -0.3 is 14.8 Å². The zero-order valence-electron chi connectivity index (χ0n) is 10.5. The van der Waals surface area contributed by atoms with E-state index in [1.54, 1.807) is 0 Å². The second kappa shape index (κ2) is 8.30. The van der Waals surface area contributed by atoms with E-state index in [9.17, 15) is 0 Å². The zero-order valence-corrected chi connectivity index (χ0v) is 10.5. The Morgan fingerprint density at radius 3 is 2.81 bits per heavy atom. The van der Waals surface area contributed by atoms with E-state index in [0.717, 1.165) is 19.6 Å². The van der Waals surface area contributed by atoms with Gasteiger partial charge in [0.05, 0.1) is 6.33 Å². The van der Waals surface area contributed by atoms with Crippen LogP contribution in [0.15, 0.2) is 18.7 Å². The Kier molecular flexibility index (Phi) is 6.85. The summed E-state index contributed by atoms with van der Waals surface area (Å²) in [7, 11) is 2.01. The van der Waals surface area contributed by atoms with Crippen LogP contribution in [-0.2, 0) is 6.54 Å². The van der Waals surface area contributed by atoms with Crippen molar-refractivity contribution in [2.24, 2.45) is 0 Å². The van der Waals surface area contributed by atoms with Crippen LogP contribution >= 0.6 is 0 Å². The van der Waals surface area contributed by atoms with Gasteiger partial charge in [-0.1, -0.05) is 6.92 Å². The van der Waals surface area contributed by atoms with Gasteiger partial charge in [0.25, 0.3) is 0 Å². The molecule has 0 atom stereocenters. The molecule has 0 bridgehead atoms. The van der Waals surface area contributed by atoms with E-state index in [2.05, 4.69) is 26.7 Å². The highest BCUT2D eigenvalue weighted by molar-refractivity contribution is 4.74. The van der Waals surface area contributed by atoms with E-state index in [1.807, 2.05) is 25.8 Å². The van der Waals surface area contributed by atoms with Gasteiger partial charge in [-0.05, 0) is 33.0 Å². The predicted octanol–water partition coefficient (Wildman–Crippen LogP) is 1.20. The molecule has 0 saturated carbocycles. The molecule has 0 aromatic carbocycles. The molecule has 1 aromatic heterocycles. The van der Waals surface area contributed by atoms with Crippen molar-refractivity contribution in [1.29, 1.82) is 0 Å². The Morgan fingerprint density at radius 2 is 2.19 bits per heavy atom. The Bertz CT molecular complexity index is 246. The molecular weight excluding hydrogens is 200 g/mol. The van der Waals surface area contributed by atoms with Crippen LogP contribution in [0.5, 0.6) is 0 Å². The van der Waals surface area contributed by atoms with Gasteiger partial charge in [-0.25, -0.2) is 4.98 Å². The summed E-state index contributed by atoms with van der Waals surface area (Å²) in [5.41, 5.74) is 0. The molecule has 16 heavy (non-hydrogen) atoms. The van der Waals surface area contributed by atoms with E-state index in [4.69, 9.17) is 0 Å². The van der Waals surface area contributed by atoms with Gasteiger partial charge in [0, 0.05) is 32.0 Å². The van der Waals surface area contributed by atoms with Crippen LogP contribution in [0.3, 0.4) is 0 Å². The summed E-state index contributed by atoms with van der Waals surface area (Å²) >= 11 is 0. The van der Waals surface area contributed by atoms with Crippen molar-refractivity contribution in [2.75, 3.05) is 33.2 Å². The van der Waals surface area contributed by atoms with Crippen molar-refractivity contribution in [2.45, 2.75) is 26.3 Å². The number of nitrogens with zero attached hydrogens (tertiary/aromatic N) is 3. The highest BCUT2D eigenvalue weighted by atomic mass is 15.1. The zero-order chi connectivity index (χ0) is 11.6. The normalized spacial score (nSPS) is 11.2. The number of imidazole rings is 1. The number of aromatic nitrogens is 2. The van der Waals surface area contributed by atoms with Crippen molar-refractivity contribution in [3.8, 4) is 0 Å². The maximum Gasteiger partial charge on any atom is 0.0945 e. The Hall–Kier alpha value is -0.870. The van der Waals surface area contributed by atoms with Crippen LogP contribution in [0.2, 0.25) is 0 Å². The lowest BCUT2D eigenvalue weighted by Gasteiger charge is -2.21. The van der Waals surface area contributed by atoms with Crippen molar-refractivity contribution >= 4 is 0 Å². The quantitative estimate of drug-likeness (QED) is 0.684. The van der Waals surface area contributed by atoms with Crippen molar-refractivity contribution < 1.29 is 0 Å². The van der Waals surface area contributed by atoms with Gasteiger partial charge in [0.1, 0.15) is 0 Å². The number of likely N-dealkylation sites (N-methyl/N-ethyl adjacent to an activating group) is 1. The molecule has 0 aliphatic carbocycles. The predicted molar refractivity (Wildman–Crippen MR) is 67.5 cm³/mol. The fraction of sp³-hybridized carbons (Fsp3) is 0.750. The Labute approximate surface area is 98.7 Å². The van der Waals surface area contributed by atoms with Gasteiger partial charge in [0.15, 0.2) is 0 Å². The van der Waals surface area contributed by atoms with Gasteiger partial charge >= 0.3 is 0 Å². The highest BCUT2D eigenvalue weighted by Crippen LogP contribution is 1.96. The molecule has 1 N–H and O–H groups in total. The van der Waals surface area contributed by atoms with Crippen LogP contribution in [0.25, 0.3) is 0 Å². The molecule has 0 unspecified atom stereocenters. The number of hydrogen-bond donors (Lipinski definition) is 1. The minimum atomic E-state index is 1.07. The van der Waals surface area contributed by atoms with Crippen molar-refractivity contribution in [3.63, 3.8) is 0 Å². The summed E-state index contributed by atoms with van der Waals surface area (Å²) in [5, 5.41) is 3.20. The van der Waals surface area contributed by atoms with Crippen LogP contribution in [0.1, 0.15) is 19.8 Å². The first kappa shape index (κ1) is 13.2. The third-order valence-electron chi connectivity index (χ3n) is 2.67. The Morgan fingerprint density at radius 1 is 1.31 bits per heavy atom. The summed E-state index contributed by atoms with van der Waals surface area (Å²) in [4.78, 5) is 6.57. The maximum absolute atomic E-state index is 4.05. The molecule has 4 heteroatoms. The van der Waals surface area contributed by atoms with Crippen LogP contribution in [0, 0.1) is 0 Å². The minimum absolute atomic E-state index is 1.07. The number of rotatable bonds is 9. The third kappa shape index (κ3) is 5.28. The topological polar surface area (TPSA) is 33.1 Å². The molecule has 92 valence electrons. The second-order valence-electron chi connectivity index (χ2n) is 4.10. The molecule has 0 aliphatic heterocycles. The first-order valence-electron chi connectivity index (χ1n) is 6.19. The third-order valence-corrected chi connectivity index (χ3v) is 2.67. The largest absolute Gasteiger partial charge is 0.337 e. The van der Waals surface area contributed by atoms with E-state index in [1.165, 1.54) is 25.9 Å². The fourth-order valence-corrected chi connectivity index (χ4v) is 1.82. The lowest BCUT2D eigenvalue weighted by Crippen LogP contribution is -2.32. The van der Waals surface area contributed by atoms with E-state index in [-0.39, 0.29) is 0 Å². The van der Waals surface area contributed by atoms with E-state index >= 15 is 0 Å². The van der Waals surface area contributed by atoms with Crippen LogP contribution < -0.4 is 5.32 Å². The van der Waals surface area contributed by atoms with Gasteiger partial charge in [-0.2, -0.15) is 0 Å². The average molecular weight is 224 g/mol. The molecule has 1 rings (SSSR count). The van der Waals surface area contributed by atoms with Crippen molar-refractivity contribution in [3.05, 3.63) is 18.7 Å². The van der Waals surface area contributed by atoms with Crippen molar-refractivity contribution in [1.82, 2.24) is 19.8 Å². The summed E-state index contributed by atoms with van der Waals surface area (Å²) in [6.07, 6.45) is 8.18. The van der Waals surface area contributed by atoms with Crippen LogP contribution in [-0.4, -0.2) is 47.7 Å². The smallest absolute Gasteiger partial charge is 0.0945 e. The molecule has 0 fully saturated rings. The molecule has 1 aromatic rings. The molecule has 0 saturated heterocycles. The lowest BCUT2D eigenvalue weighted by molar-refractivity contribution is 0.267. The van der Waals surface area contributed by atoms with E-state index < -0.39 is 0 Å². The van der Waals surface area contributed by atoms with Gasteiger partial charge in [-0.3, -0.25) is 0 Å². The molecule has 4 nitrogen and oxygen atoms in total. The number of hydrogen-bond acceptors (Lipinski definition) is 3. The molecule has 0 amide bonds. The number of aryl methyl sites for hydroxylation is 1. The number of nitrogens with one attached hydrogen (secondary N) is 1. The summed E-state index contributed by atoms with van der Waals surface area (Å²) in [5.74, 6) is 0. The molecule has 0 radical (unpaired) electrons. The monoisotopic (exact) mass is 224 g/mol. The minimum Gasteiger partial charge on any atom is -0.337 e. The van der Waals surface area contributed by atoms with Gasteiger partial charge in [-0.15, -0.1) is 0 Å². The van der Waals surface area contributed by atoms with Crippen LogP contribution in [0.4, 0.5) is 0 Å². The average Bonchev–Trinajstić information content (AvgIpc) is 2.79. The summed E-state index contributed by atoms with van der Waals surface area (Å²) in [6, 6.07) is 0. The molecule has 0 spiro atoms. The first-order chi connectivity index (χ1) is 7.86. The lowest BCUT2D eigenvalue weighted by atomic mass is 10.3. The maximum atomic E-state index is 4.05. The fourth-order valence-electron chi connectivity index (χ4n) is 1.82. The van der Waals surface area contributed by atoms with E-state index in [0.29, 0.717) is 0 Å². The molecule has 0 aliphatic rings. The summed E-state index contributed by atoms with van der Waals surface area (Å²) < 4.78 is 2.14. The molecule has 1 heterocycles. The standard InChI is InChI=1S/C12H24N4/c1-3-7-15(10-5-13-2)8-4-9-16-11-6-14-12-16/h6,11-13H,3-5,7-10H2,1-2H3. The Balaban J connectivity index is 2.15. The van der Waals surface area contributed by atoms with Gasteiger partial charge in [0.2, 0.25) is 0 Å².